The molecule has 0 saturated heterocycles. The van der Waals surface area contributed by atoms with E-state index in [1.54, 1.807) is 16.3 Å². The molecule has 0 spiro atoms. The SMILES string of the molecule is [2H]c1c([2H])c([2H])c(-c2cc(-c3ccccc3)cc(N3c4cc(-n5c6c([2H])c([2H])c([2H])c([2H])c6c6c([2H])c([2H])c([2H])c([2H])c65)ccc4B4c5cc(-c6cc([Si](c7ccccc7)(c7ccccc7)c7cccc(-c8ccccc8)c7)cc([Si](c7ccccc7)(c7ccccc7)c7cccc(-c8ccccc8)c7)c6)ccc5Sc5cc(C(C)(C)C)cc3c54)c2)c([2H])c1[2H]. The predicted molar refractivity (Wildman–Crippen MR) is 484 cm³/mol. The van der Waals surface area contributed by atoms with Gasteiger partial charge in [-0.2, -0.15) is 0 Å². The van der Waals surface area contributed by atoms with Gasteiger partial charge in [-0.25, -0.2) is 0 Å². The molecule has 17 aromatic carbocycles. The molecule has 0 radical (unpaired) electrons. The highest BCUT2D eigenvalue weighted by molar-refractivity contribution is 8.00. The smallest absolute Gasteiger partial charge is 0.249 e. The molecule has 530 valence electrons. The first-order chi connectivity index (χ1) is 60.5. The normalized spacial score (nSPS) is 14.2. The van der Waals surface area contributed by atoms with Crippen LogP contribution in [0.25, 0.3) is 83.1 Å². The summed E-state index contributed by atoms with van der Waals surface area (Å²) >= 11 is 1.71. The average molecular weight is 1490 g/mol. The number of anilines is 3. The summed E-state index contributed by atoms with van der Waals surface area (Å²) in [6.07, 6.45) is 0. The van der Waals surface area contributed by atoms with Gasteiger partial charge in [-0.05, 0) is 180 Å². The highest BCUT2D eigenvalue weighted by Gasteiger charge is 2.48. The highest BCUT2D eigenvalue weighted by atomic mass is 32.2. The van der Waals surface area contributed by atoms with Gasteiger partial charge in [-0.3, -0.25) is 0 Å². The van der Waals surface area contributed by atoms with Crippen LogP contribution >= 0.6 is 11.8 Å². The molecule has 0 saturated carbocycles. The topological polar surface area (TPSA) is 8.17 Å². The third-order valence-corrected chi connectivity index (χ3v) is 33.4. The van der Waals surface area contributed by atoms with Crippen molar-refractivity contribution in [2.24, 2.45) is 0 Å². The predicted octanol–water partition coefficient (Wildman–Crippen LogP) is 19.9. The molecule has 20 rings (SSSR count). The van der Waals surface area contributed by atoms with Crippen LogP contribution in [0.1, 0.15) is 44.2 Å². The van der Waals surface area contributed by atoms with Gasteiger partial charge in [0.1, 0.15) is 0 Å². The number of nitrogens with zero attached hydrogens (tertiary/aromatic N) is 2. The summed E-state index contributed by atoms with van der Waals surface area (Å²) in [5, 5.41) is 9.47. The Morgan fingerprint density at radius 1 is 0.286 bits per heavy atom. The van der Waals surface area contributed by atoms with E-state index < -0.39 is 94.7 Å². The zero-order valence-electron chi connectivity index (χ0n) is 74.8. The van der Waals surface area contributed by atoms with Crippen LogP contribution in [0.5, 0.6) is 0 Å². The number of benzene rings is 17. The first-order valence-electron chi connectivity index (χ1n) is 44.5. The minimum atomic E-state index is -3.58. The van der Waals surface area contributed by atoms with Crippen molar-refractivity contribution < 1.29 is 17.8 Å². The fourth-order valence-electron chi connectivity index (χ4n) is 17.6. The van der Waals surface area contributed by atoms with Crippen LogP contribution in [0.4, 0.5) is 17.1 Å². The van der Waals surface area contributed by atoms with Crippen molar-refractivity contribution in [3.63, 3.8) is 0 Å². The summed E-state index contributed by atoms with van der Waals surface area (Å²) in [5.74, 6) is 0. The lowest BCUT2D eigenvalue weighted by molar-refractivity contribution is 0.589. The Morgan fingerprint density at radius 3 is 1.21 bits per heavy atom. The lowest BCUT2D eigenvalue weighted by Gasteiger charge is -2.42. The van der Waals surface area contributed by atoms with Gasteiger partial charge in [0.05, 0.1) is 28.9 Å². The van der Waals surface area contributed by atoms with Crippen molar-refractivity contribution in [1.29, 1.82) is 0 Å². The van der Waals surface area contributed by atoms with E-state index in [1.807, 2.05) is 54.6 Å². The summed E-state index contributed by atoms with van der Waals surface area (Å²) in [4.78, 5) is 4.18. The summed E-state index contributed by atoms with van der Waals surface area (Å²) < 4.78 is 123. The van der Waals surface area contributed by atoms with E-state index in [0.717, 1.165) is 76.4 Å². The van der Waals surface area contributed by atoms with E-state index in [-0.39, 0.29) is 39.5 Å². The molecule has 18 aromatic rings. The molecule has 6 heteroatoms. The van der Waals surface area contributed by atoms with Crippen LogP contribution in [0.2, 0.25) is 0 Å². The van der Waals surface area contributed by atoms with Gasteiger partial charge in [0.15, 0.2) is 16.1 Å². The zero-order chi connectivity index (χ0) is 86.2. The maximum atomic E-state index is 9.83. The fraction of sp³-hybridized carbons (Fsp3) is 0.0377. The Labute approximate surface area is 681 Å². The number of para-hydroxylation sites is 2. The second-order valence-corrected chi connectivity index (χ2v) is 38.8. The molecule has 2 nitrogen and oxygen atoms in total. The lowest BCUT2D eigenvalue weighted by atomic mass is 9.34. The van der Waals surface area contributed by atoms with E-state index in [1.165, 1.54) is 41.5 Å². The van der Waals surface area contributed by atoms with Crippen molar-refractivity contribution in [1.82, 2.24) is 4.57 Å². The van der Waals surface area contributed by atoms with Crippen molar-refractivity contribution in [2.75, 3.05) is 4.90 Å². The van der Waals surface area contributed by atoms with Crippen molar-refractivity contribution in [3.05, 3.63) is 430 Å². The van der Waals surface area contributed by atoms with Crippen molar-refractivity contribution in [2.45, 2.75) is 36.0 Å². The Hall–Kier alpha value is -12.8. The van der Waals surface area contributed by atoms with Crippen LogP contribution in [-0.2, 0) is 5.41 Å². The second-order valence-electron chi connectivity index (χ2n) is 30.1. The van der Waals surface area contributed by atoms with Gasteiger partial charge in [0, 0.05) is 43.3 Å². The minimum absolute atomic E-state index is 0.00319. The van der Waals surface area contributed by atoms with E-state index in [2.05, 4.69) is 317 Å². The molecule has 112 heavy (non-hydrogen) atoms. The van der Waals surface area contributed by atoms with E-state index in [9.17, 15) is 11.0 Å². The molecule has 0 aliphatic carbocycles. The minimum Gasteiger partial charge on any atom is -0.311 e. The van der Waals surface area contributed by atoms with Gasteiger partial charge >= 0.3 is 0 Å². The van der Waals surface area contributed by atoms with Gasteiger partial charge in [-0.1, -0.05) is 402 Å². The molecular formula is C106H79BN2SSi2. The van der Waals surface area contributed by atoms with Crippen LogP contribution in [0, 0.1) is 0 Å². The quantitative estimate of drug-likeness (QED) is 0.0747. The summed E-state index contributed by atoms with van der Waals surface area (Å²) in [6.45, 7) is 6.00. The molecule has 0 fully saturated rings. The highest BCUT2D eigenvalue weighted by Crippen LogP contribution is 2.47. The van der Waals surface area contributed by atoms with Gasteiger partial charge in [0.25, 0.3) is 0 Å². The van der Waals surface area contributed by atoms with Gasteiger partial charge in [-0.15, -0.1) is 0 Å². The van der Waals surface area contributed by atoms with E-state index in [4.69, 9.17) is 6.85 Å². The Bertz CT molecular complexity index is 7040. The molecule has 1 aromatic heterocycles. The third-order valence-electron chi connectivity index (χ3n) is 22.8. The average Bonchev–Trinajstić information content (AvgIpc) is 1.67. The monoisotopic (exact) mass is 1490 g/mol. The first-order valence-corrected chi connectivity index (χ1v) is 42.8. The molecule has 0 amide bonds. The molecule has 2 aliphatic rings. The maximum Gasteiger partial charge on any atom is 0.249 e. The van der Waals surface area contributed by atoms with E-state index in [0.29, 0.717) is 28.2 Å². The summed E-state index contributed by atoms with van der Waals surface area (Å²) in [6, 6.07) is 119. The van der Waals surface area contributed by atoms with Crippen LogP contribution < -0.4 is 62.8 Å². The number of hydrogen-bond donors (Lipinski definition) is 0. The molecule has 3 heterocycles. The van der Waals surface area contributed by atoms with Crippen LogP contribution in [0.3, 0.4) is 0 Å². The number of rotatable bonds is 15. The number of hydrogen-bond acceptors (Lipinski definition) is 2. The van der Waals surface area contributed by atoms with Crippen LogP contribution in [0.15, 0.2) is 434 Å². The van der Waals surface area contributed by atoms with Gasteiger partial charge in [0.2, 0.25) is 6.71 Å². The molecule has 2 aliphatic heterocycles. The number of fused-ring (bicyclic) bond motifs is 7. The van der Waals surface area contributed by atoms with Gasteiger partial charge < -0.3 is 9.47 Å². The molecule has 0 atom stereocenters. The molecule has 0 N–H and O–H groups in total. The molecular weight excluding hydrogens is 1400 g/mol. The third kappa shape index (κ3) is 11.7. The number of aromatic nitrogens is 1. The standard InChI is InChI=1S/C106H79BN2SSi2/c1-106(2,3)84-70-102-105-104(71-84)110-103-61-58-80(69-98(103)107(105)97-60-59-85(108-99-56-30-28-54-95(99)96-55-29-31-57-100(96)108)72-101(97)109(102)86-63-81(76-38-16-6-17-39-76)62-82(64-86)77-40-18-7-19-41-77)83-67-93(111(87-44-20-8-21-45-87,88-46-22-9-23-47-88)91-52-32-42-78(65-91)74-34-12-4-13-35-74)73-94(68-83)112(89-48-24-10-25-49-89,90-50-26-11-27-51-90)92-53-33-43-79(66-92)75-36-14-5-15-37-75/h4-73H,1-3H3/i6D,16D,17D,28D,29D,30D,31D,38D,39D,54D,55D,56D,57D. The second kappa shape index (κ2) is 28.3. The largest absolute Gasteiger partial charge is 0.311 e. The fourth-order valence-corrected chi connectivity index (χ4v) is 28.6. The van der Waals surface area contributed by atoms with E-state index >= 15 is 0 Å². The first kappa shape index (κ1) is 55.6. The maximum absolute atomic E-state index is 9.83. The van der Waals surface area contributed by atoms with Crippen molar-refractivity contribution >= 4 is 131 Å². The molecule has 0 unspecified atom stereocenters. The zero-order valence-corrected chi connectivity index (χ0v) is 64.6. The van der Waals surface area contributed by atoms with Crippen molar-refractivity contribution in [3.8, 4) is 61.3 Å². The molecule has 0 bridgehead atoms. The Kier molecular flexibility index (Phi) is 14.0. The van der Waals surface area contributed by atoms with Crippen LogP contribution in [-0.4, -0.2) is 27.4 Å². The summed E-state index contributed by atoms with van der Waals surface area (Å²) in [5.41, 5.74) is 13.7. The Balaban J connectivity index is 0.915. The Morgan fingerprint density at radius 2 is 0.705 bits per heavy atom. The summed E-state index contributed by atoms with van der Waals surface area (Å²) in [7, 11) is -7.17. The lowest BCUT2D eigenvalue weighted by Crippen LogP contribution is -2.78.